The van der Waals surface area contributed by atoms with Crippen molar-refractivity contribution in [3.05, 3.63) is 60.3 Å². The van der Waals surface area contributed by atoms with Crippen LogP contribution >= 0.6 is 0 Å². The zero-order chi connectivity index (χ0) is 17.6. The fourth-order valence-electron chi connectivity index (χ4n) is 2.52. The largest absolute Gasteiger partial charge is 0.489 e. The Morgan fingerprint density at radius 2 is 2.04 bits per heavy atom. The van der Waals surface area contributed by atoms with Gasteiger partial charge < -0.3 is 15.8 Å². The number of carbonyl (C=O) groups is 1. The molecule has 0 aliphatic carbocycles. The number of nitrogens with two attached hydrogens (primary N) is 1. The summed E-state index contributed by atoms with van der Waals surface area (Å²) in [5.41, 5.74) is 7.44. The molecule has 0 saturated heterocycles. The second-order valence-electron chi connectivity index (χ2n) is 5.55. The molecule has 0 radical (unpaired) electrons. The van der Waals surface area contributed by atoms with Gasteiger partial charge in [0.2, 0.25) is 0 Å². The van der Waals surface area contributed by atoms with Gasteiger partial charge in [-0.2, -0.15) is 0 Å². The van der Waals surface area contributed by atoms with Gasteiger partial charge in [-0.1, -0.05) is 24.3 Å². The molecule has 1 aromatic heterocycles. The second-order valence-corrected chi connectivity index (χ2v) is 5.55. The molecule has 0 fully saturated rings. The Bertz CT molecular complexity index is 895. The lowest BCUT2D eigenvalue weighted by molar-refractivity contribution is 0.252. The van der Waals surface area contributed by atoms with Gasteiger partial charge in [-0.15, -0.1) is 0 Å². The maximum absolute atomic E-state index is 11.6. The molecule has 2 amide bonds. The highest BCUT2D eigenvalue weighted by molar-refractivity contribution is 5.92. The fourth-order valence-corrected chi connectivity index (χ4v) is 2.52. The molecule has 1 heterocycles. The van der Waals surface area contributed by atoms with Crippen LogP contribution in [-0.4, -0.2) is 17.6 Å². The highest BCUT2D eigenvalue weighted by Crippen LogP contribution is 2.23. The average molecular weight is 336 g/mol. The van der Waals surface area contributed by atoms with Gasteiger partial charge in [0.1, 0.15) is 18.2 Å². The minimum Gasteiger partial charge on any atom is -0.489 e. The van der Waals surface area contributed by atoms with Crippen molar-refractivity contribution in [1.82, 2.24) is 10.3 Å². The number of nitrogen functional groups attached to an aromatic ring is 1. The van der Waals surface area contributed by atoms with Crippen LogP contribution in [0.3, 0.4) is 0 Å². The van der Waals surface area contributed by atoms with Gasteiger partial charge >= 0.3 is 6.03 Å². The molecular formula is C19H20N4O2. The highest BCUT2D eigenvalue weighted by Gasteiger charge is 2.06. The lowest BCUT2D eigenvalue weighted by Gasteiger charge is -2.11. The van der Waals surface area contributed by atoms with Crippen molar-refractivity contribution in [3.8, 4) is 5.75 Å². The minimum absolute atomic E-state index is 0.268. The van der Waals surface area contributed by atoms with E-state index in [1.807, 2.05) is 49.4 Å². The topological polar surface area (TPSA) is 89.3 Å². The van der Waals surface area contributed by atoms with Crippen molar-refractivity contribution in [2.45, 2.75) is 13.5 Å². The Morgan fingerprint density at radius 1 is 1.20 bits per heavy atom. The summed E-state index contributed by atoms with van der Waals surface area (Å²) in [7, 11) is 0. The van der Waals surface area contributed by atoms with Crippen molar-refractivity contribution in [3.63, 3.8) is 0 Å². The molecule has 4 N–H and O–H groups in total. The lowest BCUT2D eigenvalue weighted by atomic mass is 10.1. The minimum atomic E-state index is -0.268. The molecule has 0 spiro atoms. The third-order valence-electron chi connectivity index (χ3n) is 3.69. The number of urea groups is 1. The van der Waals surface area contributed by atoms with Gasteiger partial charge in [0.25, 0.3) is 0 Å². The van der Waals surface area contributed by atoms with Crippen molar-refractivity contribution < 1.29 is 9.53 Å². The van der Waals surface area contributed by atoms with Crippen LogP contribution < -0.4 is 21.1 Å². The van der Waals surface area contributed by atoms with E-state index in [9.17, 15) is 4.79 Å². The van der Waals surface area contributed by atoms with Crippen LogP contribution in [0.15, 0.2) is 54.7 Å². The summed E-state index contributed by atoms with van der Waals surface area (Å²) in [6.07, 6.45) is 1.74. The number of hydrogen-bond acceptors (Lipinski definition) is 4. The Balaban J connectivity index is 1.78. The summed E-state index contributed by atoms with van der Waals surface area (Å²) in [4.78, 5) is 15.9. The van der Waals surface area contributed by atoms with E-state index in [1.54, 1.807) is 12.3 Å². The second kappa shape index (κ2) is 7.53. The standard InChI is InChI=1S/C19H20N4O2/c1-2-21-19(24)23-18-9-13-5-3-6-14(17(13)11-22-18)12-25-16-8-4-7-15(20)10-16/h3-11H,2,12,20H2,1H3,(H2,21,22,23,24). The number of benzene rings is 2. The zero-order valence-electron chi connectivity index (χ0n) is 14.0. The van der Waals surface area contributed by atoms with Crippen molar-refractivity contribution in [2.75, 3.05) is 17.6 Å². The number of amides is 2. The summed E-state index contributed by atoms with van der Waals surface area (Å²) in [6.45, 7) is 2.83. The van der Waals surface area contributed by atoms with E-state index >= 15 is 0 Å². The van der Waals surface area contributed by atoms with Crippen LogP contribution in [0, 0.1) is 0 Å². The maximum atomic E-state index is 11.6. The van der Waals surface area contributed by atoms with Crippen LogP contribution in [0.1, 0.15) is 12.5 Å². The molecule has 6 nitrogen and oxygen atoms in total. The number of pyridine rings is 1. The van der Waals surface area contributed by atoms with Crippen LogP contribution in [0.4, 0.5) is 16.3 Å². The van der Waals surface area contributed by atoms with Gasteiger partial charge in [0.15, 0.2) is 0 Å². The molecular weight excluding hydrogens is 316 g/mol. The normalized spacial score (nSPS) is 10.4. The lowest BCUT2D eigenvalue weighted by Crippen LogP contribution is -2.28. The molecule has 3 aromatic rings. The average Bonchev–Trinajstić information content (AvgIpc) is 2.60. The molecule has 6 heteroatoms. The Kier molecular flexibility index (Phi) is 4.99. The van der Waals surface area contributed by atoms with Crippen LogP contribution in [-0.2, 0) is 6.61 Å². The number of nitrogens with one attached hydrogen (secondary N) is 2. The first kappa shape index (κ1) is 16.6. The Morgan fingerprint density at radius 3 is 2.84 bits per heavy atom. The van der Waals surface area contributed by atoms with E-state index in [4.69, 9.17) is 10.5 Å². The number of anilines is 2. The molecule has 0 unspecified atom stereocenters. The number of rotatable bonds is 5. The molecule has 25 heavy (non-hydrogen) atoms. The van der Waals surface area contributed by atoms with Crippen molar-refractivity contribution in [1.29, 1.82) is 0 Å². The van der Waals surface area contributed by atoms with Crippen LogP contribution in [0.2, 0.25) is 0 Å². The molecule has 0 aliphatic rings. The predicted molar refractivity (Wildman–Crippen MR) is 99.6 cm³/mol. The first-order valence-corrected chi connectivity index (χ1v) is 8.06. The molecule has 2 aromatic carbocycles. The van der Waals surface area contributed by atoms with E-state index < -0.39 is 0 Å². The summed E-state index contributed by atoms with van der Waals surface area (Å²) in [5.74, 6) is 1.23. The summed E-state index contributed by atoms with van der Waals surface area (Å²) >= 11 is 0. The van der Waals surface area contributed by atoms with Gasteiger partial charge in [-0.3, -0.25) is 5.32 Å². The van der Waals surface area contributed by atoms with E-state index in [-0.39, 0.29) is 6.03 Å². The molecule has 0 aliphatic heterocycles. The summed E-state index contributed by atoms with van der Waals surface area (Å²) in [6, 6.07) is 14.8. The number of hydrogen-bond donors (Lipinski definition) is 3. The first-order valence-electron chi connectivity index (χ1n) is 8.06. The quantitative estimate of drug-likeness (QED) is 0.622. The van der Waals surface area contributed by atoms with Crippen molar-refractivity contribution >= 4 is 28.3 Å². The highest BCUT2D eigenvalue weighted by atomic mass is 16.5. The molecule has 0 atom stereocenters. The SMILES string of the molecule is CCNC(=O)Nc1cc2cccc(COc3cccc(N)c3)c2cn1. The maximum Gasteiger partial charge on any atom is 0.320 e. The van der Waals surface area contributed by atoms with E-state index in [1.165, 1.54) is 0 Å². The number of carbonyl (C=O) groups excluding carboxylic acids is 1. The third-order valence-corrected chi connectivity index (χ3v) is 3.69. The fraction of sp³-hybridized carbons (Fsp3) is 0.158. The first-order chi connectivity index (χ1) is 12.2. The zero-order valence-corrected chi connectivity index (χ0v) is 14.0. The van der Waals surface area contributed by atoms with Gasteiger partial charge in [-0.05, 0) is 36.1 Å². The predicted octanol–water partition coefficient (Wildman–Crippen LogP) is 3.54. The van der Waals surface area contributed by atoms with Crippen LogP contribution in [0.5, 0.6) is 5.75 Å². The van der Waals surface area contributed by atoms with Crippen LogP contribution in [0.25, 0.3) is 10.8 Å². The molecule has 0 bridgehead atoms. The summed E-state index contributed by atoms with van der Waals surface area (Å²) < 4.78 is 5.82. The smallest absolute Gasteiger partial charge is 0.320 e. The Hall–Kier alpha value is -3.28. The monoisotopic (exact) mass is 336 g/mol. The van der Waals surface area contributed by atoms with E-state index in [2.05, 4.69) is 15.6 Å². The number of aromatic nitrogens is 1. The molecule has 128 valence electrons. The number of nitrogens with zero attached hydrogens (tertiary/aromatic N) is 1. The van der Waals surface area contributed by atoms with E-state index in [0.29, 0.717) is 24.7 Å². The van der Waals surface area contributed by atoms with Gasteiger partial charge in [0, 0.05) is 29.9 Å². The summed E-state index contributed by atoms with van der Waals surface area (Å²) in [5, 5.41) is 7.35. The van der Waals surface area contributed by atoms with Crippen molar-refractivity contribution in [2.24, 2.45) is 0 Å². The number of ether oxygens (including phenoxy) is 1. The Labute approximate surface area is 146 Å². The van der Waals surface area contributed by atoms with Gasteiger partial charge in [0.05, 0.1) is 0 Å². The van der Waals surface area contributed by atoms with E-state index in [0.717, 1.165) is 22.1 Å². The third kappa shape index (κ3) is 4.17. The number of fused-ring (bicyclic) bond motifs is 1. The molecule has 3 rings (SSSR count). The van der Waals surface area contributed by atoms with Gasteiger partial charge in [-0.25, -0.2) is 9.78 Å². The molecule has 0 saturated carbocycles.